The van der Waals surface area contributed by atoms with Gasteiger partial charge in [0.1, 0.15) is 5.69 Å². The number of halogens is 6. The molecule has 0 aliphatic heterocycles. The van der Waals surface area contributed by atoms with Gasteiger partial charge in [0.05, 0.1) is 17.0 Å². The molecule has 0 radical (unpaired) electrons. The van der Waals surface area contributed by atoms with Gasteiger partial charge < -0.3 is 20.6 Å². The molecular weight excluding hydrogens is 486 g/mol. The van der Waals surface area contributed by atoms with Crippen molar-refractivity contribution in [3.8, 4) is 0 Å². The molecule has 0 saturated carbocycles. The van der Waals surface area contributed by atoms with E-state index in [1.165, 1.54) is 6.08 Å². The van der Waals surface area contributed by atoms with E-state index in [4.69, 9.17) is 0 Å². The van der Waals surface area contributed by atoms with Crippen LogP contribution in [0.5, 0.6) is 0 Å². The number of fused-ring (bicyclic) bond motifs is 1. The minimum Gasteiger partial charge on any atom is -0.387 e. The van der Waals surface area contributed by atoms with Crippen molar-refractivity contribution >= 4 is 23.0 Å². The van der Waals surface area contributed by atoms with Gasteiger partial charge in [0.25, 0.3) is 0 Å². The Bertz CT molecular complexity index is 1150. The molecule has 5 nitrogen and oxygen atoms in total. The fraction of sp³-hybridized carbons (Fsp3) is 0.480. The average molecular weight is 517 g/mol. The van der Waals surface area contributed by atoms with Gasteiger partial charge in [0.15, 0.2) is 0 Å². The zero-order valence-electron chi connectivity index (χ0n) is 20.1. The normalized spacial score (nSPS) is 14.8. The standard InChI is InChI=1S/C25H30F6N4O/c1-3-12-35(13-11-32-2)17-9-7-16(8-10-17)33-15-21(36)19-14-22(25(29,30)31)34-23-18(19)5-4-6-20(23)24(26,27)28/h5,7-10,14,21,32-33,36H,3-4,6,11-13,15H2,1-2H3. The van der Waals surface area contributed by atoms with Gasteiger partial charge in [-0.1, -0.05) is 13.0 Å². The molecule has 1 unspecified atom stereocenters. The van der Waals surface area contributed by atoms with E-state index in [1.807, 2.05) is 19.2 Å². The lowest BCUT2D eigenvalue weighted by Gasteiger charge is -2.24. The van der Waals surface area contributed by atoms with Crippen LogP contribution in [-0.4, -0.2) is 49.5 Å². The first-order chi connectivity index (χ1) is 17.0. The summed E-state index contributed by atoms with van der Waals surface area (Å²) in [6.07, 6.45) is -9.37. The summed E-state index contributed by atoms with van der Waals surface area (Å²) in [5.74, 6) is 0. The first kappa shape index (κ1) is 27.8. The number of alkyl halides is 6. The van der Waals surface area contributed by atoms with Crippen LogP contribution < -0.4 is 26.1 Å². The Kier molecular flexibility index (Phi) is 8.89. The van der Waals surface area contributed by atoms with Crippen molar-refractivity contribution in [1.82, 2.24) is 10.3 Å². The topological polar surface area (TPSA) is 60.4 Å². The molecule has 0 bridgehead atoms. The van der Waals surface area contributed by atoms with Crippen LogP contribution in [0.15, 0.2) is 30.3 Å². The summed E-state index contributed by atoms with van der Waals surface area (Å²) in [4.78, 5) is 5.51. The quantitative estimate of drug-likeness (QED) is 0.418. The van der Waals surface area contributed by atoms with Crippen molar-refractivity contribution in [2.75, 3.05) is 43.4 Å². The van der Waals surface area contributed by atoms with Crippen molar-refractivity contribution in [1.29, 1.82) is 0 Å². The minimum atomic E-state index is -4.96. The maximum Gasteiger partial charge on any atom is 0.433 e. The van der Waals surface area contributed by atoms with Gasteiger partial charge in [-0.05, 0) is 62.2 Å². The molecule has 2 aromatic rings. The molecule has 1 aromatic carbocycles. The Balaban J connectivity index is 1.87. The SMILES string of the molecule is CCCN(CCNC)c1ccc(NCC(O)c2cc(C(F)(F)F)nc3c2=CCCC=3C(F)(F)F)cc1. The van der Waals surface area contributed by atoms with Gasteiger partial charge in [-0.25, -0.2) is 4.98 Å². The number of rotatable bonds is 10. The van der Waals surface area contributed by atoms with Crippen LogP contribution in [0.25, 0.3) is 11.6 Å². The highest BCUT2D eigenvalue weighted by molar-refractivity contribution is 5.57. The first-order valence-corrected chi connectivity index (χ1v) is 11.8. The fourth-order valence-corrected chi connectivity index (χ4v) is 4.20. The molecule has 1 aliphatic carbocycles. The lowest BCUT2D eigenvalue weighted by atomic mass is 9.96. The van der Waals surface area contributed by atoms with Crippen LogP contribution in [0.2, 0.25) is 0 Å². The molecule has 0 saturated heterocycles. The maximum atomic E-state index is 13.5. The lowest BCUT2D eigenvalue weighted by Crippen LogP contribution is -2.42. The van der Waals surface area contributed by atoms with Gasteiger partial charge in [0, 0.05) is 42.8 Å². The minimum absolute atomic E-state index is 0.00862. The predicted octanol–water partition coefficient (Wildman–Crippen LogP) is 3.97. The van der Waals surface area contributed by atoms with Gasteiger partial charge in [-0.2, -0.15) is 26.3 Å². The number of nitrogens with zero attached hydrogens (tertiary/aromatic N) is 2. The Morgan fingerprint density at radius 1 is 1.06 bits per heavy atom. The van der Waals surface area contributed by atoms with Gasteiger partial charge in [0.2, 0.25) is 0 Å². The number of aliphatic hydroxyl groups excluding tert-OH is 1. The highest BCUT2D eigenvalue weighted by Crippen LogP contribution is 2.32. The number of hydrogen-bond acceptors (Lipinski definition) is 5. The van der Waals surface area contributed by atoms with Crippen molar-refractivity contribution in [2.24, 2.45) is 0 Å². The van der Waals surface area contributed by atoms with Gasteiger partial charge in [-0.3, -0.25) is 0 Å². The highest BCUT2D eigenvalue weighted by Gasteiger charge is 2.38. The van der Waals surface area contributed by atoms with Crippen molar-refractivity contribution in [2.45, 2.75) is 44.6 Å². The van der Waals surface area contributed by atoms with E-state index < -0.39 is 41.5 Å². The molecule has 1 aromatic heterocycles. The first-order valence-electron chi connectivity index (χ1n) is 11.8. The van der Waals surface area contributed by atoms with Gasteiger partial charge >= 0.3 is 12.4 Å². The smallest absolute Gasteiger partial charge is 0.387 e. The van der Waals surface area contributed by atoms with Crippen LogP contribution in [0.3, 0.4) is 0 Å². The highest BCUT2D eigenvalue weighted by atomic mass is 19.4. The lowest BCUT2D eigenvalue weighted by molar-refractivity contribution is -0.141. The fourth-order valence-electron chi connectivity index (χ4n) is 4.20. The Hall–Kier alpha value is -2.79. The number of aliphatic hydroxyl groups is 1. The van der Waals surface area contributed by atoms with Gasteiger partial charge in [-0.15, -0.1) is 0 Å². The maximum absolute atomic E-state index is 13.5. The number of anilines is 2. The molecule has 0 spiro atoms. The third-order valence-electron chi connectivity index (χ3n) is 5.97. The third kappa shape index (κ3) is 6.70. The number of pyridine rings is 1. The number of aromatic nitrogens is 1. The number of hydrogen-bond donors (Lipinski definition) is 3. The van der Waals surface area contributed by atoms with E-state index in [0.717, 1.165) is 31.7 Å². The summed E-state index contributed by atoms with van der Waals surface area (Å²) in [5.41, 5.74) is -1.19. The van der Waals surface area contributed by atoms with Crippen molar-refractivity contribution < 1.29 is 31.4 Å². The second-order valence-electron chi connectivity index (χ2n) is 8.61. The molecule has 3 N–H and O–H groups in total. The zero-order chi connectivity index (χ0) is 26.5. The van der Waals surface area contributed by atoms with E-state index in [9.17, 15) is 31.4 Å². The van der Waals surface area contributed by atoms with E-state index in [1.54, 1.807) is 12.1 Å². The molecule has 0 fully saturated rings. The molecule has 0 amide bonds. The molecular formula is C25H30F6N4O. The monoisotopic (exact) mass is 516 g/mol. The van der Waals surface area contributed by atoms with Crippen LogP contribution in [0, 0.1) is 0 Å². The van der Waals surface area contributed by atoms with Crippen LogP contribution in [-0.2, 0) is 6.18 Å². The third-order valence-corrected chi connectivity index (χ3v) is 5.97. The number of nitrogens with one attached hydrogen (secondary N) is 2. The summed E-state index contributed by atoms with van der Waals surface area (Å²) in [7, 11) is 1.87. The summed E-state index contributed by atoms with van der Waals surface area (Å²) < 4.78 is 80.8. The molecule has 1 aliphatic rings. The Morgan fingerprint density at radius 3 is 2.33 bits per heavy atom. The zero-order valence-corrected chi connectivity index (χ0v) is 20.1. The average Bonchev–Trinajstić information content (AvgIpc) is 2.83. The molecule has 3 rings (SSSR count). The Labute approximate surface area is 205 Å². The molecule has 11 heteroatoms. The predicted molar refractivity (Wildman–Crippen MR) is 128 cm³/mol. The summed E-state index contributed by atoms with van der Waals surface area (Å²) >= 11 is 0. The number of benzene rings is 1. The van der Waals surface area contributed by atoms with E-state index >= 15 is 0 Å². The number of likely N-dealkylation sites (N-methyl/N-ethyl adjacent to an activating group) is 1. The van der Waals surface area contributed by atoms with Crippen molar-refractivity contribution in [3.63, 3.8) is 0 Å². The van der Waals surface area contributed by atoms with Crippen LogP contribution in [0.4, 0.5) is 37.7 Å². The van der Waals surface area contributed by atoms with E-state index in [-0.39, 0.29) is 23.7 Å². The molecule has 36 heavy (non-hydrogen) atoms. The van der Waals surface area contributed by atoms with Crippen molar-refractivity contribution in [3.05, 3.63) is 52.2 Å². The van der Waals surface area contributed by atoms with Crippen LogP contribution in [0.1, 0.15) is 43.5 Å². The summed E-state index contributed by atoms with van der Waals surface area (Å²) in [6.45, 7) is 4.39. The molecule has 198 valence electrons. The van der Waals surface area contributed by atoms with E-state index in [0.29, 0.717) is 11.8 Å². The second kappa shape index (κ2) is 11.5. The molecule has 1 heterocycles. The van der Waals surface area contributed by atoms with E-state index in [2.05, 4.69) is 27.4 Å². The Morgan fingerprint density at radius 2 is 1.75 bits per heavy atom. The second-order valence-corrected chi connectivity index (χ2v) is 8.61. The largest absolute Gasteiger partial charge is 0.433 e. The molecule has 1 atom stereocenters. The summed E-state index contributed by atoms with van der Waals surface area (Å²) in [6, 6.07) is 8.00. The summed E-state index contributed by atoms with van der Waals surface area (Å²) in [5, 5.41) is 15.9. The van der Waals surface area contributed by atoms with Crippen LogP contribution >= 0.6 is 0 Å².